The molecule has 0 radical (unpaired) electrons. The number of anilines is 1. The maximum Gasteiger partial charge on any atom is 0.458 e. The molecule has 1 heterocycles. The molecule has 132 valence electrons. The first-order valence-electron chi connectivity index (χ1n) is 7.40. The topological polar surface area (TPSA) is 53.8 Å². The first-order chi connectivity index (χ1) is 11.8. The van der Waals surface area contributed by atoms with Crippen molar-refractivity contribution in [3.63, 3.8) is 0 Å². The number of nitrogens with one attached hydrogen (secondary N) is 1. The van der Waals surface area contributed by atoms with Crippen molar-refractivity contribution < 1.29 is 23.1 Å². The maximum atomic E-state index is 12.7. The van der Waals surface area contributed by atoms with E-state index in [1.807, 2.05) is 12.1 Å². The highest BCUT2D eigenvalue weighted by Gasteiger charge is 2.60. The highest BCUT2D eigenvalue weighted by Crippen LogP contribution is 2.39. The van der Waals surface area contributed by atoms with E-state index in [1.165, 1.54) is 0 Å². The molecule has 2 N–H and O–H groups in total. The molecule has 4 nitrogen and oxygen atoms in total. The highest BCUT2D eigenvalue weighted by atomic mass is 35.5. The van der Waals surface area contributed by atoms with Crippen molar-refractivity contribution in [3.8, 4) is 0 Å². The van der Waals surface area contributed by atoms with Gasteiger partial charge >= 0.3 is 12.0 Å². The van der Waals surface area contributed by atoms with Gasteiger partial charge in [0.2, 0.25) is 0 Å². The molecule has 0 fully saturated rings. The number of oxime groups is 1. The Morgan fingerprint density at radius 3 is 2.32 bits per heavy atom. The predicted molar refractivity (Wildman–Crippen MR) is 88.5 cm³/mol. The zero-order valence-corrected chi connectivity index (χ0v) is 13.6. The largest absolute Gasteiger partial charge is 0.458 e. The number of aliphatic hydroxyl groups is 1. The van der Waals surface area contributed by atoms with Crippen LogP contribution in [0, 0.1) is 0 Å². The van der Waals surface area contributed by atoms with Crippen LogP contribution in [-0.4, -0.2) is 22.8 Å². The van der Waals surface area contributed by atoms with Crippen molar-refractivity contribution in [2.75, 3.05) is 5.32 Å². The maximum absolute atomic E-state index is 12.7. The first-order valence-corrected chi connectivity index (χ1v) is 7.77. The van der Waals surface area contributed by atoms with E-state index >= 15 is 0 Å². The van der Waals surface area contributed by atoms with E-state index in [1.54, 1.807) is 36.4 Å². The summed E-state index contributed by atoms with van der Waals surface area (Å²) in [5, 5.41) is 16.7. The monoisotopic (exact) mass is 370 g/mol. The number of benzene rings is 2. The lowest BCUT2D eigenvalue weighted by molar-refractivity contribution is -0.355. The third kappa shape index (κ3) is 3.88. The van der Waals surface area contributed by atoms with E-state index in [2.05, 4.69) is 15.3 Å². The Balaban J connectivity index is 1.62. The number of nitrogens with zero attached hydrogens (tertiary/aromatic N) is 1. The number of hydrogen-bond acceptors (Lipinski definition) is 4. The van der Waals surface area contributed by atoms with Gasteiger partial charge in [-0.1, -0.05) is 41.0 Å². The van der Waals surface area contributed by atoms with Crippen LogP contribution in [0.1, 0.15) is 17.5 Å². The van der Waals surface area contributed by atoms with Crippen LogP contribution in [0.25, 0.3) is 0 Å². The quantitative estimate of drug-likeness (QED) is 0.842. The molecule has 8 heteroatoms. The minimum absolute atomic E-state index is 0.0454. The average Bonchev–Trinajstić information content (AvgIpc) is 2.98. The number of halogens is 4. The van der Waals surface area contributed by atoms with Crippen molar-refractivity contribution >= 4 is 23.0 Å². The molecule has 2 aromatic rings. The van der Waals surface area contributed by atoms with Crippen molar-refractivity contribution in [2.24, 2.45) is 5.16 Å². The Morgan fingerprint density at radius 1 is 1.12 bits per heavy atom. The Morgan fingerprint density at radius 2 is 1.76 bits per heavy atom. The van der Waals surface area contributed by atoms with Gasteiger partial charge in [-0.3, -0.25) is 0 Å². The highest BCUT2D eigenvalue weighted by molar-refractivity contribution is 6.30. The van der Waals surface area contributed by atoms with Crippen LogP contribution in [0.5, 0.6) is 0 Å². The predicted octanol–water partition coefficient (Wildman–Crippen LogP) is 4.33. The van der Waals surface area contributed by atoms with Gasteiger partial charge in [0.05, 0.1) is 12.1 Å². The van der Waals surface area contributed by atoms with Gasteiger partial charge in [-0.15, -0.1) is 0 Å². The first kappa shape index (κ1) is 17.6. The van der Waals surface area contributed by atoms with Crippen LogP contribution >= 0.6 is 11.6 Å². The zero-order valence-electron chi connectivity index (χ0n) is 12.8. The van der Waals surface area contributed by atoms with Gasteiger partial charge in [-0.05, 0) is 35.4 Å². The number of alkyl halides is 3. The second kappa shape index (κ2) is 6.57. The molecule has 0 saturated carbocycles. The third-order valence-corrected chi connectivity index (χ3v) is 4.04. The Bertz CT molecular complexity index is 776. The molecule has 1 atom stereocenters. The summed E-state index contributed by atoms with van der Waals surface area (Å²) in [6.45, 7) is 0.578. The average molecular weight is 371 g/mol. The Hall–Kier alpha value is -2.25. The van der Waals surface area contributed by atoms with Crippen molar-refractivity contribution in [1.82, 2.24) is 0 Å². The van der Waals surface area contributed by atoms with Crippen LogP contribution in [0.3, 0.4) is 0 Å². The third-order valence-electron chi connectivity index (χ3n) is 3.78. The lowest BCUT2D eigenvalue weighted by Gasteiger charge is -2.22. The second-order valence-electron chi connectivity index (χ2n) is 5.65. The van der Waals surface area contributed by atoms with Crippen molar-refractivity contribution in [1.29, 1.82) is 0 Å². The SMILES string of the molecule is OC1(C(F)(F)F)CC(c2ccc(NCc3ccc(Cl)cc3)cc2)=NO1. The summed E-state index contributed by atoms with van der Waals surface area (Å²) in [6.07, 6.45) is -5.65. The summed E-state index contributed by atoms with van der Waals surface area (Å²) in [4.78, 5) is 4.21. The van der Waals surface area contributed by atoms with Gasteiger partial charge in [-0.25, -0.2) is 0 Å². The summed E-state index contributed by atoms with van der Waals surface area (Å²) in [5.41, 5.74) is 2.34. The fourth-order valence-corrected chi connectivity index (χ4v) is 2.44. The molecule has 0 bridgehead atoms. The fraction of sp³-hybridized carbons (Fsp3) is 0.235. The van der Waals surface area contributed by atoms with Gasteiger partial charge in [0.25, 0.3) is 0 Å². The molecule has 0 aromatic heterocycles. The lowest BCUT2D eigenvalue weighted by atomic mass is 10.0. The second-order valence-corrected chi connectivity index (χ2v) is 6.08. The van der Waals surface area contributed by atoms with E-state index < -0.39 is 18.4 Å². The van der Waals surface area contributed by atoms with E-state index in [9.17, 15) is 18.3 Å². The van der Waals surface area contributed by atoms with E-state index in [4.69, 9.17) is 11.6 Å². The van der Waals surface area contributed by atoms with Gasteiger partial charge < -0.3 is 15.3 Å². The molecular weight excluding hydrogens is 357 g/mol. The van der Waals surface area contributed by atoms with Crippen LogP contribution in [-0.2, 0) is 11.4 Å². The van der Waals surface area contributed by atoms with Gasteiger partial charge in [0.15, 0.2) is 0 Å². The summed E-state index contributed by atoms with van der Waals surface area (Å²) in [7, 11) is 0. The Labute approximate surface area is 146 Å². The van der Waals surface area contributed by atoms with Gasteiger partial charge in [-0.2, -0.15) is 13.2 Å². The standard InChI is InChI=1S/C17H14ClF3N2O2/c18-13-5-1-11(2-6-13)10-22-14-7-3-12(4-8-14)15-9-16(24,25-23-15)17(19,20)21/h1-8,22,24H,9-10H2. The summed E-state index contributed by atoms with van der Waals surface area (Å²) in [5.74, 6) is -3.26. The molecule has 0 spiro atoms. The lowest BCUT2D eigenvalue weighted by Crippen LogP contribution is -2.45. The minimum Gasteiger partial charge on any atom is -0.381 e. The zero-order chi connectivity index (χ0) is 18.1. The van der Waals surface area contributed by atoms with E-state index in [0.717, 1.165) is 11.3 Å². The van der Waals surface area contributed by atoms with E-state index in [-0.39, 0.29) is 5.71 Å². The normalized spacial score (nSPS) is 20.1. The number of hydrogen-bond donors (Lipinski definition) is 2. The molecule has 1 aliphatic rings. The van der Waals surface area contributed by atoms with Gasteiger partial charge in [0.1, 0.15) is 0 Å². The molecule has 1 unspecified atom stereocenters. The van der Waals surface area contributed by atoms with Crippen LogP contribution in [0.2, 0.25) is 5.02 Å². The smallest absolute Gasteiger partial charge is 0.381 e. The molecular formula is C17H14ClF3N2O2. The molecule has 3 rings (SSSR count). The fourth-order valence-electron chi connectivity index (χ4n) is 2.32. The molecule has 0 aliphatic carbocycles. The molecule has 0 saturated heterocycles. The summed E-state index contributed by atoms with van der Waals surface area (Å²) >= 11 is 5.83. The van der Waals surface area contributed by atoms with Crippen molar-refractivity contribution in [2.45, 2.75) is 24.9 Å². The molecule has 2 aromatic carbocycles. The molecule has 0 amide bonds. The van der Waals surface area contributed by atoms with Crippen molar-refractivity contribution in [3.05, 3.63) is 64.7 Å². The summed E-state index contributed by atoms with van der Waals surface area (Å²) < 4.78 is 38.2. The number of rotatable bonds is 4. The van der Waals surface area contributed by atoms with Crippen LogP contribution < -0.4 is 5.32 Å². The van der Waals surface area contributed by atoms with Crippen LogP contribution in [0.15, 0.2) is 53.7 Å². The summed E-state index contributed by atoms with van der Waals surface area (Å²) in [6, 6.07) is 14.1. The Kier molecular flexibility index (Phi) is 4.62. The molecule has 1 aliphatic heterocycles. The molecule has 25 heavy (non-hydrogen) atoms. The van der Waals surface area contributed by atoms with E-state index in [0.29, 0.717) is 17.1 Å². The minimum atomic E-state index is -4.90. The van der Waals surface area contributed by atoms with Crippen LogP contribution in [0.4, 0.5) is 18.9 Å². The van der Waals surface area contributed by atoms with Gasteiger partial charge in [0, 0.05) is 17.3 Å².